The first-order chi connectivity index (χ1) is 6.53. The van der Waals surface area contributed by atoms with Crippen LogP contribution < -0.4 is 0 Å². The number of hydrogen-bond donors (Lipinski definition) is 1. The Balaban J connectivity index is 2.07. The number of ether oxygens (including phenoxy) is 3. The van der Waals surface area contributed by atoms with Crippen LogP contribution in [0.3, 0.4) is 0 Å². The van der Waals surface area contributed by atoms with E-state index in [2.05, 4.69) is 0 Å². The summed E-state index contributed by atoms with van der Waals surface area (Å²) in [4.78, 5) is 0. The van der Waals surface area contributed by atoms with Crippen molar-refractivity contribution in [2.24, 2.45) is 0 Å². The Morgan fingerprint density at radius 1 is 1.43 bits per heavy atom. The molecule has 0 saturated carbocycles. The number of hydrogen-bond acceptors (Lipinski definition) is 4. The molecule has 2 fully saturated rings. The summed E-state index contributed by atoms with van der Waals surface area (Å²) in [5, 5.41) is 9.91. The molecular formula is C10H18O4. The average Bonchev–Trinajstić information content (AvgIpc) is 2.42. The molecule has 2 aliphatic heterocycles. The lowest BCUT2D eigenvalue weighted by molar-refractivity contribution is -0.300. The number of fused-ring (bicyclic) bond motifs is 1. The first-order valence-corrected chi connectivity index (χ1v) is 5.19. The summed E-state index contributed by atoms with van der Waals surface area (Å²) in [7, 11) is 0. The van der Waals surface area contributed by atoms with Crippen LogP contribution in [0.15, 0.2) is 0 Å². The molecule has 4 heteroatoms. The largest absolute Gasteiger partial charge is 0.388 e. The van der Waals surface area contributed by atoms with Crippen molar-refractivity contribution in [2.45, 2.75) is 57.4 Å². The van der Waals surface area contributed by atoms with E-state index < -0.39 is 11.9 Å². The fraction of sp³-hybridized carbons (Fsp3) is 1.00. The van der Waals surface area contributed by atoms with Crippen LogP contribution in [0.4, 0.5) is 0 Å². The summed E-state index contributed by atoms with van der Waals surface area (Å²) in [5.41, 5.74) is 0. The zero-order valence-electron chi connectivity index (χ0n) is 8.90. The van der Waals surface area contributed by atoms with E-state index in [9.17, 15) is 5.11 Å². The Labute approximate surface area is 84.1 Å². The third kappa shape index (κ3) is 1.67. The van der Waals surface area contributed by atoms with E-state index in [1.807, 2.05) is 20.8 Å². The number of aliphatic hydroxyl groups excluding tert-OH is 1. The van der Waals surface area contributed by atoms with Crippen LogP contribution in [-0.4, -0.2) is 41.9 Å². The van der Waals surface area contributed by atoms with E-state index in [1.165, 1.54) is 0 Å². The monoisotopic (exact) mass is 202 g/mol. The second-order valence-corrected chi connectivity index (χ2v) is 4.41. The molecule has 82 valence electrons. The van der Waals surface area contributed by atoms with E-state index in [4.69, 9.17) is 14.2 Å². The first-order valence-electron chi connectivity index (χ1n) is 5.19. The zero-order chi connectivity index (χ0) is 10.3. The molecule has 2 aliphatic rings. The lowest BCUT2D eigenvalue weighted by Crippen LogP contribution is -2.50. The van der Waals surface area contributed by atoms with Gasteiger partial charge in [0, 0.05) is 0 Å². The summed E-state index contributed by atoms with van der Waals surface area (Å²) in [6, 6.07) is 0. The molecule has 0 aliphatic carbocycles. The van der Waals surface area contributed by atoms with Gasteiger partial charge in [-0.05, 0) is 20.3 Å². The minimum Gasteiger partial charge on any atom is -0.388 e. The van der Waals surface area contributed by atoms with Crippen LogP contribution >= 0.6 is 0 Å². The maximum Gasteiger partial charge on any atom is 0.163 e. The van der Waals surface area contributed by atoms with Gasteiger partial charge in [0.25, 0.3) is 0 Å². The predicted octanol–water partition coefficient (Wildman–Crippen LogP) is 0.676. The lowest BCUT2D eigenvalue weighted by Gasteiger charge is -2.37. The molecule has 0 bridgehead atoms. The van der Waals surface area contributed by atoms with Crippen molar-refractivity contribution in [3.63, 3.8) is 0 Å². The molecular weight excluding hydrogens is 184 g/mol. The second kappa shape index (κ2) is 3.45. The summed E-state index contributed by atoms with van der Waals surface area (Å²) < 4.78 is 16.7. The highest BCUT2D eigenvalue weighted by atomic mass is 16.7. The van der Waals surface area contributed by atoms with Crippen molar-refractivity contribution >= 4 is 0 Å². The SMILES string of the molecule is CC[C@H]1O[C@@H]2COC(C)(C)O[C@H]2C1O. The highest BCUT2D eigenvalue weighted by Crippen LogP contribution is 2.33. The van der Waals surface area contributed by atoms with Crippen molar-refractivity contribution in [2.75, 3.05) is 6.61 Å². The molecule has 0 aromatic carbocycles. The van der Waals surface area contributed by atoms with Crippen LogP contribution in [0, 0.1) is 0 Å². The van der Waals surface area contributed by atoms with Crippen molar-refractivity contribution in [1.29, 1.82) is 0 Å². The van der Waals surface area contributed by atoms with Crippen LogP contribution in [0.2, 0.25) is 0 Å². The molecule has 2 rings (SSSR count). The van der Waals surface area contributed by atoms with Crippen LogP contribution in [-0.2, 0) is 14.2 Å². The zero-order valence-corrected chi connectivity index (χ0v) is 8.90. The fourth-order valence-corrected chi connectivity index (χ4v) is 2.08. The van der Waals surface area contributed by atoms with Crippen molar-refractivity contribution in [1.82, 2.24) is 0 Å². The van der Waals surface area contributed by atoms with Gasteiger partial charge in [0.15, 0.2) is 5.79 Å². The topological polar surface area (TPSA) is 47.9 Å². The van der Waals surface area contributed by atoms with Crippen molar-refractivity contribution in [3.05, 3.63) is 0 Å². The molecule has 0 spiro atoms. The second-order valence-electron chi connectivity index (χ2n) is 4.41. The third-order valence-corrected chi connectivity index (χ3v) is 2.85. The van der Waals surface area contributed by atoms with E-state index in [1.54, 1.807) is 0 Å². The molecule has 2 heterocycles. The molecule has 14 heavy (non-hydrogen) atoms. The van der Waals surface area contributed by atoms with Crippen LogP contribution in [0.25, 0.3) is 0 Å². The minimum atomic E-state index is -0.603. The molecule has 4 atom stereocenters. The van der Waals surface area contributed by atoms with Gasteiger partial charge < -0.3 is 19.3 Å². The Bertz CT molecular complexity index is 214. The van der Waals surface area contributed by atoms with E-state index >= 15 is 0 Å². The van der Waals surface area contributed by atoms with E-state index in [0.29, 0.717) is 6.61 Å². The van der Waals surface area contributed by atoms with Gasteiger partial charge in [0.2, 0.25) is 0 Å². The van der Waals surface area contributed by atoms with Gasteiger partial charge in [-0.25, -0.2) is 0 Å². The Kier molecular flexibility index (Phi) is 2.55. The quantitative estimate of drug-likeness (QED) is 0.679. The van der Waals surface area contributed by atoms with E-state index in [0.717, 1.165) is 6.42 Å². The highest BCUT2D eigenvalue weighted by molar-refractivity contribution is 4.94. The van der Waals surface area contributed by atoms with Crippen molar-refractivity contribution < 1.29 is 19.3 Å². The molecule has 2 saturated heterocycles. The normalized spacial score (nSPS) is 46.3. The molecule has 4 nitrogen and oxygen atoms in total. The minimum absolute atomic E-state index is 0.108. The van der Waals surface area contributed by atoms with Gasteiger partial charge in [-0.3, -0.25) is 0 Å². The molecule has 0 amide bonds. The maximum atomic E-state index is 9.91. The van der Waals surface area contributed by atoms with Gasteiger partial charge in [0.1, 0.15) is 18.3 Å². The Morgan fingerprint density at radius 3 is 2.79 bits per heavy atom. The molecule has 0 radical (unpaired) electrons. The van der Waals surface area contributed by atoms with Crippen LogP contribution in [0.5, 0.6) is 0 Å². The maximum absolute atomic E-state index is 9.91. The Hall–Kier alpha value is -0.160. The van der Waals surface area contributed by atoms with E-state index in [-0.39, 0.29) is 18.3 Å². The average molecular weight is 202 g/mol. The van der Waals surface area contributed by atoms with Crippen molar-refractivity contribution in [3.8, 4) is 0 Å². The molecule has 0 aromatic rings. The third-order valence-electron chi connectivity index (χ3n) is 2.85. The Morgan fingerprint density at radius 2 is 2.14 bits per heavy atom. The number of rotatable bonds is 1. The standard InChI is InChI=1S/C10H18O4/c1-4-6-8(11)9-7(13-6)5-12-10(2,3)14-9/h6-9,11H,4-5H2,1-3H3/t6-,7-,8?,9-/m1/s1. The fourth-order valence-electron chi connectivity index (χ4n) is 2.08. The summed E-state index contributed by atoms with van der Waals surface area (Å²) >= 11 is 0. The highest BCUT2D eigenvalue weighted by Gasteiger charge is 2.49. The summed E-state index contributed by atoms with van der Waals surface area (Å²) in [6.45, 7) is 6.22. The van der Waals surface area contributed by atoms with Gasteiger partial charge in [-0.2, -0.15) is 0 Å². The lowest BCUT2D eigenvalue weighted by atomic mass is 10.0. The first kappa shape index (κ1) is 10.4. The smallest absolute Gasteiger partial charge is 0.163 e. The summed E-state index contributed by atoms with van der Waals surface area (Å²) in [5.74, 6) is -0.603. The van der Waals surface area contributed by atoms with Gasteiger partial charge in [-0.1, -0.05) is 6.92 Å². The van der Waals surface area contributed by atoms with Gasteiger partial charge in [-0.15, -0.1) is 0 Å². The van der Waals surface area contributed by atoms with Crippen LogP contribution in [0.1, 0.15) is 27.2 Å². The van der Waals surface area contributed by atoms with Gasteiger partial charge in [0.05, 0.1) is 12.7 Å². The van der Waals surface area contributed by atoms with Gasteiger partial charge >= 0.3 is 0 Å². The molecule has 1 N–H and O–H groups in total. The predicted molar refractivity (Wildman–Crippen MR) is 49.9 cm³/mol. The summed E-state index contributed by atoms with van der Waals surface area (Å²) in [6.07, 6.45) is -0.167. The number of aliphatic hydroxyl groups is 1. The molecule has 1 unspecified atom stereocenters. The molecule has 0 aromatic heterocycles.